The van der Waals surface area contributed by atoms with Gasteiger partial charge in [0.1, 0.15) is 11.6 Å². The number of aromatic nitrogens is 1. The first-order chi connectivity index (χ1) is 9.15. The van der Waals surface area contributed by atoms with Gasteiger partial charge in [0, 0.05) is 12.2 Å². The van der Waals surface area contributed by atoms with Crippen LogP contribution >= 0.6 is 0 Å². The third-order valence-corrected chi connectivity index (χ3v) is 3.00. The van der Waals surface area contributed by atoms with Crippen LogP contribution in [0, 0.1) is 11.6 Å². The number of nitrogens with one attached hydrogen (secondary N) is 1. The van der Waals surface area contributed by atoms with E-state index >= 15 is 0 Å². The topological polar surface area (TPSA) is 24.9 Å². The molecule has 2 nitrogen and oxygen atoms in total. The van der Waals surface area contributed by atoms with E-state index in [0.29, 0.717) is 0 Å². The van der Waals surface area contributed by atoms with Crippen molar-refractivity contribution in [2.75, 3.05) is 6.54 Å². The lowest BCUT2D eigenvalue weighted by molar-refractivity contribution is 0.562. The molecule has 1 heterocycles. The van der Waals surface area contributed by atoms with Crippen molar-refractivity contribution in [2.45, 2.75) is 19.4 Å². The van der Waals surface area contributed by atoms with E-state index in [4.69, 9.17) is 0 Å². The van der Waals surface area contributed by atoms with Crippen LogP contribution in [0.2, 0.25) is 0 Å². The van der Waals surface area contributed by atoms with Crippen LogP contribution in [0.5, 0.6) is 0 Å². The lowest BCUT2D eigenvalue weighted by Crippen LogP contribution is -2.21. The van der Waals surface area contributed by atoms with Crippen molar-refractivity contribution in [3.8, 4) is 0 Å². The van der Waals surface area contributed by atoms with Gasteiger partial charge in [-0.3, -0.25) is 4.98 Å². The average molecular weight is 262 g/mol. The summed E-state index contributed by atoms with van der Waals surface area (Å²) in [5.74, 6) is -0.555. The predicted octanol–water partition coefficient (Wildman–Crippen LogP) is 3.25. The average Bonchev–Trinajstić information content (AvgIpc) is 2.41. The second-order valence-electron chi connectivity index (χ2n) is 4.49. The zero-order chi connectivity index (χ0) is 13.7. The molecule has 1 N–H and O–H groups in total. The highest BCUT2D eigenvalue weighted by atomic mass is 19.1. The highest BCUT2D eigenvalue weighted by Crippen LogP contribution is 2.12. The Hall–Kier alpha value is -1.81. The SMILES string of the molecule is CC(NCCc1ccc(F)cc1)c1cncc(F)c1. The van der Waals surface area contributed by atoms with Gasteiger partial charge in [0.2, 0.25) is 0 Å². The van der Waals surface area contributed by atoms with Crippen molar-refractivity contribution in [2.24, 2.45) is 0 Å². The predicted molar refractivity (Wildman–Crippen MR) is 70.7 cm³/mol. The van der Waals surface area contributed by atoms with Crippen molar-refractivity contribution in [3.05, 3.63) is 65.5 Å². The van der Waals surface area contributed by atoms with Gasteiger partial charge in [-0.2, -0.15) is 0 Å². The zero-order valence-corrected chi connectivity index (χ0v) is 10.7. The molecule has 0 saturated carbocycles. The van der Waals surface area contributed by atoms with Gasteiger partial charge in [0.25, 0.3) is 0 Å². The fourth-order valence-electron chi connectivity index (χ4n) is 1.87. The highest BCUT2D eigenvalue weighted by molar-refractivity contribution is 5.17. The largest absolute Gasteiger partial charge is 0.310 e. The van der Waals surface area contributed by atoms with Crippen LogP contribution in [0.1, 0.15) is 24.1 Å². The quantitative estimate of drug-likeness (QED) is 0.894. The van der Waals surface area contributed by atoms with Gasteiger partial charge < -0.3 is 5.32 Å². The van der Waals surface area contributed by atoms with Gasteiger partial charge in [-0.15, -0.1) is 0 Å². The molecule has 2 aromatic rings. The standard InChI is InChI=1S/C15H16F2N2/c1-11(13-8-15(17)10-18-9-13)19-7-6-12-2-4-14(16)5-3-12/h2-5,8-11,19H,6-7H2,1H3. The lowest BCUT2D eigenvalue weighted by Gasteiger charge is -2.13. The Balaban J connectivity index is 1.84. The Morgan fingerprint density at radius 2 is 1.84 bits per heavy atom. The Labute approximate surface area is 111 Å². The second kappa shape index (κ2) is 6.38. The normalized spacial score (nSPS) is 12.4. The van der Waals surface area contributed by atoms with Crippen LogP contribution in [0.3, 0.4) is 0 Å². The molecule has 0 spiro atoms. The number of rotatable bonds is 5. The Morgan fingerprint density at radius 1 is 1.11 bits per heavy atom. The van der Waals surface area contributed by atoms with Crippen LogP contribution in [0.4, 0.5) is 8.78 Å². The third kappa shape index (κ3) is 4.10. The molecule has 1 aromatic heterocycles. The number of benzene rings is 1. The lowest BCUT2D eigenvalue weighted by atomic mass is 10.1. The first-order valence-electron chi connectivity index (χ1n) is 6.23. The molecule has 2 rings (SSSR count). The van der Waals surface area contributed by atoms with Crippen LogP contribution in [-0.2, 0) is 6.42 Å². The molecule has 19 heavy (non-hydrogen) atoms. The maximum atomic E-state index is 13.0. The molecule has 1 aromatic carbocycles. The molecule has 0 aliphatic carbocycles. The zero-order valence-electron chi connectivity index (χ0n) is 10.7. The van der Waals surface area contributed by atoms with E-state index in [9.17, 15) is 8.78 Å². The van der Waals surface area contributed by atoms with Crippen molar-refractivity contribution in [1.29, 1.82) is 0 Å². The summed E-state index contributed by atoms with van der Waals surface area (Å²) in [4.78, 5) is 3.82. The first-order valence-corrected chi connectivity index (χ1v) is 6.23. The molecular formula is C15H16F2N2. The van der Waals surface area contributed by atoms with Gasteiger partial charge in [-0.25, -0.2) is 8.78 Å². The minimum atomic E-state index is -0.329. The summed E-state index contributed by atoms with van der Waals surface area (Å²) in [6, 6.07) is 7.95. The molecule has 0 fully saturated rings. The van der Waals surface area contributed by atoms with E-state index in [1.165, 1.54) is 24.4 Å². The Bertz CT molecular complexity index is 526. The molecule has 0 radical (unpaired) electrons. The maximum absolute atomic E-state index is 13.0. The van der Waals surface area contributed by atoms with Gasteiger partial charge >= 0.3 is 0 Å². The molecule has 0 bridgehead atoms. The number of hydrogen-bond acceptors (Lipinski definition) is 2. The van der Waals surface area contributed by atoms with E-state index in [2.05, 4.69) is 10.3 Å². The number of nitrogens with zero attached hydrogens (tertiary/aromatic N) is 1. The third-order valence-electron chi connectivity index (χ3n) is 3.00. The van der Waals surface area contributed by atoms with Gasteiger partial charge in [0.15, 0.2) is 0 Å². The van der Waals surface area contributed by atoms with Crippen molar-refractivity contribution >= 4 is 0 Å². The summed E-state index contributed by atoms with van der Waals surface area (Å²) < 4.78 is 25.8. The molecule has 1 unspecified atom stereocenters. The summed E-state index contributed by atoms with van der Waals surface area (Å²) in [7, 11) is 0. The summed E-state index contributed by atoms with van der Waals surface area (Å²) >= 11 is 0. The molecule has 1 atom stereocenters. The van der Waals surface area contributed by atoms with Crippen LogP contribution in [-0.4, -0.2) is 11.5 Å². The first kappa shape index (κ1) is 13.6. The fraction of sp³-hybridized carbons (Fsp3) is 0.267. The van der Waals surface area contributed by atoms with E-state index in [-0.39, 0.29) is 17.7 Å². The molecule has 0 aliphatic rings. The minimum absolute atomic E-state index is 0.0312. The van der Waals surface area contributed by atoms with Crippen molar-refractivity contribution in [3.63, 3.8) is 0 Å². The van der Waals surface area contributed by atoms with Crippen molar-refractivity contribution in [1.82, 2.24) is 10.3 Å². The summed E-state index contributed by atoms with van der Waals surface area (Å²) in [5, 5.41) is 3.29. The van der Waals surface area contributed by atoms with E-state index in [1.807, 2.05) is 6.92 Å². The summed E-state index contributed by atoms with van der Waals surface area (Å²) in [5.41, 5.74) is 1.89. The van der Waals surface area contributed by atoms with E-state index in [0.717, 1.165) is 24.1 Å². The molecule has 0 saturated heterocycles. The smallest absolute Gasteiger partial charge is 0.141 e. The molecule has 0 amide bonds. The Morgan fingerprint density at radius 3 is 2.53 bits per heavy atom. The van der Waals surface area contributed by atoms with Crippen molar-refractivity contribution < 1.29 is 8.78 Å². The molecule has 0 aliphatic heterocycles. The number of pyridine rings is 1. The number of halogens is 2. The van der Waals surface area contributed by atoms with Gasteiger partial charge in [-0.1, -0.05) is 12.1 Å². The minimum Gasteiger partial charge on any atom is -0.310 e. The summed E-state index contributed by atoms with van der Waals surface area (Å²) in [6.07, 6.45) is 3.64. The molecule has 4 heteroatoms. The summed E-state index contributed by atoms with van der Waals surface area (Å²) in [6.45, 7) is 2.70. The second-order valence-corrected chi connectivity index (χ2v) is 4.49. The molecular weight excluding hydrogens is 246 g/mol. The fourth-order valence-corrected chi connectivity index (χ4v) is 1.87. The van der Waals surface area contributed by atoms with Crippen LogP contribution < -0.4 is 5.32 Å². The van der Waals surface area contributed by atoms with Crippen LogP contribution in [0.15, 0.2) is 42.7 Å². The van der Waals surface area contributed by atoms with Gasteiger partial charge in [0.05, 0.1) is 6.20 Å². The van der Waals surface area contributed by atoms with E-state index in [1.54, 1.807) is 18.3 Å². The number of hydrogen-bond donors (Lipinski definition) is 1. The Kier molecular flexibility index (Phi) is 4.58. The maximum Gasteiger partial charge on any atom is 0.141 e. The van der Waals surface area contributed by atoms with E-state index < -0.39 is 0 Å². The van der Waals surface area contributed by atoms with Gasteiger partial charge in [-0.05, 0) is 49.2 Å². The highest BCUT2D eigenvalue weighted by Gasteiger charge is 2.06. The molecule has 100 valence electrons. The van der Waals surface area contributed by atoms with Crippen LogP contribution in [0.25, 0.3) is 0 Å². The monoisotopic (exact) mass is 262 g/mol.